The topological polar surface area (TPSA) is 32.3 Å². The maximum atomic E-state index is 9.68. The average Bonchev–Trinajstić information content (AvgIpc) is 2.99. The molecule has 2 N–H and O–H groups in total. The van der Waals surface area contributed by atoms with E-state index in [0.717, 1.165) is 22.5 Å². The summed E-state index contributed by atoms with van der Waals surface area (Å²) in [5, 5.41) is 13.2. The maximum absolute atomic E-state index is 9.68. The summed E-state index contributed by atoms with van der Waals surface area (Å²) in [4.78, 5) is 0. The summed E-state index contributed by atoms with van der Waals surface area (Å²) in [5.74, 6) is 1.24. The first kappa shape index (κ1) is 11.9. The van der Waals surface area contributed by atoms with Crippen LogP contribution in [0.4, 0.5) is 0 Å². The lowest BCUT2D eigenvalue weighted by molar-refractivity contribution is 0.463. The summed E-state index contributed by atoms with van der Waals surface area (Å²) < 4.78 is 1.02. The second-order valence-corrected chi connectivity index (χ2v) is 5.46. The number of aromatic hydroxyl groups is 1. The fraction of sp³-hybridized carbons (Fsp3) is 0.538. The minimum atomic E-state index is 0.378. The fourth-order valence-electron chi connectivity index (χ4n) is 2.12. The number of halogens is 1. The fourth-order valence-corrected chi connectivity index (χ4v) is 2.53. The molecule has 0 aliphatic heterocycles. The monoisotopic (exact) mass is 283 g/mol. The van der Waals surface area contributed by atoms with Crippen molar-refractivity contribution in [3.8, 4) is 5.75 Å². The van der Waals surface area contributed by atoms with Gasteiger partial charge in [0.25, 0.3) is 0 Å². The van der Waals surface area contributed by atoms with E-state index in [0.29, 0.717) is 11.8 Å². The van der Waals surface area contributed by atoms with Gasteiger partial charge >= 0.3 is 0 Å². The highest BCUT2D eigenvalue weighted by molar-refractivity contribution is 9.10. The Balaban J connectivity index is 1.84. The van der Waals surface area contributed by atoms with Crippen LogP contribution in [0.25, 0.3) is 0 Å². The molecule has 1 aliphatic rings. The number of hydrogen-bond acceptors (Lipinski definition) is 2. The van der Waals surface area contributed by atoms with Gasteiger partial charge in [-0.2, -0.15) is 0 Å². The number of phenolic OH excluding ortho intramolecular Hbond substituents is 1. The molecule has 0 bridgehead atoms. The normalized spacial score (nSPS) is 23.4. The Bertz CT molecular complexity index is 367. The van der Waals surface area contributed by atoms with Crippen molar-refractivity contribution in [1.29, 1.82) is 0 Å². The molecule has 2 atom stereocenters. The molecule has 1 saturated carbocycles. The third-order valence-corrected chi connectivity index (χ3v) is 3.67. The Labute approximate surface area is 105 Å². The van der Waals surface area contributed by atoms with Crippen molar-refractivity contribution in [2.24, 2.45) is 5.92 Å². The molecule has 3 heteroatoms. The molecule has 2 nitrogen and oxygen atoms in total. The molecule has 0 heterocycles. The average molecular weight is 284 g/mol. The SMILES string of the molecule is CCCC1CC1NCc1cc(Br)ccc1O. The first-order chi connectivity index (χ1) is 7.70. The van der Waals surface area contributed by atoms with Gasteiger partial charge in [-0.15, -0.1) is 0 Å². The zero-order chi connectivity index (χ0) is 11.5. The molecular formula is C13H18BrNO. The number of nitrogens with one attached hydrogen (secondary N) is 1. The van der Waals surface area contributed by atoms with Crippen LogP contribution < -0.4 is 5.32 Å². The predicted octanol–water partition coefficient (Wildman–Crippen LogP) is 3.43. The van der Waals surface area contributed by atoms with E-state index in [2.05, 4.69) is 28.2 Å². The molecule has 0 spiro atoms. The molecule has 0 aromatic heterocycles. The van der Waals surface area contributed by atoms with Crippen molar-refractivity contribution in [2.45, 2.75) is 38.8 Å². The molecular weight excluding hydrogens is 266 g/mol. The molecule has 88 valence electrons. The van der Waals surface area contributed by atoms with Gasteiger partial charge in [-0.25, -0.2) is 0 Å². The lowest BCUT2D eigenvalue weighted by Gasteiger charge is -2.07. The smallest absolute Gasteiger partial charge is 0.120 e. The van der Waals surface area contributed by atoms with Crippen LogP contribution in [0.5, 0.6) is 5.75 Å². The Morgan fingerprint density at radius 1 is 1.50 bits per heavy atom. The number of hydrogen-bond donors (Lipinski definition) is 2. The Kier molecular flexibility index (Phi) is 3.87. The van der Waals surface area contributed by atoms with Gasteiger partial charge < -0.3 is 10.4 Å². The highest BCUT2D eigenvalue weighted by Crippen LogP contribution is 2.35. The van der Waals surface area contributed by atoms with Crippen molar-refractivity contribution in [1.82, 2.24) is 5.32 Å². The summed E-state index contributed by atoms with van der Waals surface area (Å²) in [5.41, 5.74) is 0.969. The predicted molar refractivity (Wildman–Crippen MR) is 69.4 cm³/mol. The summed E-state index contributed by atoms with van der Waals surface area (Å²) in [6.45, 7) is 2.99. The van der Waals surface area contributed by atoms with Crippen molar-refractivity contribution in [3.63, 3.8) is 0 Å². The largest absolute Gasteiger partial charge is 0.508 e. The first-order valence-electron chi connectivity index (χ1n) is 5.91. The van der Waals surface area contributed by atoms with Crippen LogP contribution in [-0.2, 0) is 6.54 Å². The molecule has 2 unspecified atom stereocenters. The second-order valence-electron chi connectivity index (χ2n) is 4.54. The molecule has 1 fully saturated rings. The molecule has 0 radical (unpaired) electrons. The van der Waals surface area contributed by atoms with Crippen LogP contribution in [0.1, 0.15) is 31.7 Å². The van der Waals surface area contributed by atoms with E-state index in [4.69, 9.17) is 0 Å². The van der Waals surface area contributed by atoms with Crippen LogP contribution >= 0.6 is 15.9 Å². The Morgan fingerprint density at radius 2 is 2.31 bits per heavy atom. The number of rotatable bonds is 5. The van der Waals surface area contributed by atoms with E-state index in [-0.39, 0.29) is 0 Å². The standard InChI is InChI=1S/C13H18BrNO/c1-2-3-9-7-12(9)15-8-10-6-11(14)4-5-13(10)16/h4-6,9,12,15-16H,2-3,7-8H2,1H3. The zero-order valence-electron chi connectivity index (χ0n) is 9.54. The van der Waals surface area contributed by atoms with Crippen molar-refractivity contribution in [3.05, 3.63) is 28.2 Å². The van der Waals surface area contributed by atoms with Crippen LogP contribution in [-0.4, -0.2) is 11.1 Å². The molecule has 2 rings (SSSR count). The lowest BCUT2D eigenvalue weighted by atomic mass is 10.2. The minimum absolute atomic E-state index is 0.378. The number of benzene rings is 1. The zero-order valence-corrected chi connectivity index (χ0v) is 11.1. The van der Waals surface area contributed by atoms with E-state index in [1.807, 2.05) is 12.1 Å². The molecule has 16 heavy (non-hydrogen) atoms. The maximum Gasteiger partial charge on any atom is 0.120 e. The van der Waals surface area contributed by atoms with Gasteiger partial charge in [0.15, 0.2) is 0 Å². The first-order valence-corrected chi connectivity index (χ1v) is 6.70. The summed E-state index contributed by atoms with van der Waals surface area (Å²) in [6, 6.07) is 6.23. The van der Waals surface area contributed by atoms with Crippen LogP contribution in [0.3, 0.4) is 0 Å². The van der Waals surface area contributed by atoms with Gasteiger partial charge in [0.2, 0.25) is 0 Å². The lowest BCUT2D eigenvalue weighted by Crippen LogP contribution is -2.17. The van der Waals surface area contributed by atoms with Crippen LogP contribution in [0.15, 0.2) is 22.7 Å². The Hall–Kier alpha value is -0.540. The highest BCUT2D eigenvalue weighted by Gasteiger charge is 2.35. The van der Waals surface area contributed by atoms with Gasteiger partial charge in [-0.1, -0.05) is 29.3 Å². The molecule has 1 aliphatic carbocycles. The van der Waals surface area contributed by atoms with E-state index < -0.39 is 0 Å². The Morgan fingerprint density at radius 3 is 3.06 bits per heavy atom. The second kappa shape index (κ2) is 5.19. The summed E-state index contributed by atoms with van der Waals surface area (Å²) in [6.07, 6.45) is 3.88. The molecule has 1 aromatic rings. The van der Waals surface area contributed by atoms with Gasteiger partial charge in [0, 0.05) is 22.6 Å². The summed E-state index contributed by atoms with van der Waals surface area (Å²) >= 11 is 3.42. The minimum Gasteiger partial charge on any atom is -0.508 e. The van der Waals surface area contributed by atoms with Crippen molar-refractivity contribution in [2.75, 3.05) is 0 Å². The van der Waals surface area contributed by atoms with Gasteiger partial charge in [-0.05, 0) is 37.0 Å². The van der Waals surface area contributed by atoms with Crippen LogP contribution in [0.2, 0.25) is 0 Å². The van der Waals surface area contributed by atoms with Crippen molar-refractivity contribution < 1.29 is 5.11 Å². The van der Waals surface area contributed by atoms with Crippen molar-refractivity contribution >= 4 is 15.9 Å². The number of phenols is 1. The molecule has 0 amide bonds. The van der Waals surface area contributed by atoms with E-state index in [9.17, 15) is 5.11 Å². The third kappa shape index (κ3) is 2.98. The van der Waals surface area contributed by atoms with E-state index >= 15 is 0 Å². The van der Waals surface area contributed by atoms with E-state index in [1.54, 1.807) is 6.07 Å². The molecule has 0 saturated heterocycles. The molecule has 1 aromatic carbocycles. The quantitative estimate of drug-likeness (QED) is 0.868. The van der Waals surface area contributed by atoms with Crippen LogP contribution in [0, 0.1) is 5.92 Å². The third-order valence-electron chi connectivity index (χ3n) is 3.18. The van der Waals surface area contributed by atoms with Gasteiger partial charge in [0.05, 0.1) is 0 Å². The van der Waals surface area contributed by atoms with Gasteiger partial charge in [0.1, 0.15) is 5.75 Å². The highest BCUT2D eigenvalue weighted by atomic mass is 79.9. The summed E-state index contributed by atoms with van der Waals surface area (Å²) in [7, 11) is 0. The van der Waals surface area contributed by atoms with Gasteiger partial charge in [-0.3, -0.25) is 0 Å². The van der Waals surface area contributed by atoms with E-state index in [1.165, 1.54) is 19.3 Å².